The van der Waals surface area contributed by atoms with Gasteiger partial charge in [0.05, 0.1) is 6.61 Å². The van der Waals surface area contributed by atoms with E-state index in [1.165, 1.54) is 0 Å². The monoisotopic (exact) mass is 207 g/mol. The van der Waals surface area contributed by atoms with Crippen molar-refractivity contribution < 1.29 is 14.6 Å². The van der Waals surface area contributed by atoms with E-state index in [1.54, 1.807) is 12.1 Å². The molecule has 4 nitrogen and oxygen atoms in total. The van der Waals surface area contributed by atoms with Crippen molar-refractivity contribution in [1.29, 1.82) is 0 Å². The molecule has 15 heavy (non-hydrogen) atoms. The summed E-state index contributed by atoms with van der Waals surface area (Å²) in [5.41, 5.74) is 7.21. The number of ether oxygens (including phenoxy) is 1. The van der Waals surface area contributed by atoms with Crippen molar-refractivity contribution in [3.8, 4) is 5.75 Å². The summed E-state index contributed by atoms with van der Waals surface area (Å²) >= 11 is 0. The summed E-state index contributed by atoms with van der Waals surface area (Å²) in [6, 6.07) is 4.39. The Balaban J connectivity index is 2.31. The third-order valence-electron chi connectivity index (χ3n) is 2.56. The maximum Gasteiger partial charge on any atom is 0.325 e. The summed E-state index contributed by atoms with van der Waals surface area (Å²) in [5.74, 6) is -0.158. The first-order chi connectivity index (χ1) is 7.18. The molecule has 0 unspecified atom stereocenters. The molecule has 1 atom stereocenters. The molecule has 0 aromatic heterocycles. The van der Waals surface area contributed by atoms with Gasteiger partial charge in [0.2, 0.25) is 0 Å². The molecule has 0 spiro atoms. The van der Waals surface area contributed by atoms with Crippen molar-refractivity contribution >= 4 is 5.97 Å². The van der Waals surface area contributed by atoms with Crippen LogP contribution in [0.25, 0.3) is 0 Å². The van der Waals surface area contributed by atoms with Gasteiger partial charge in [0.15, 0.2) is 0 Å². The van der Waals surface area contributed by atoms with Crippen LogP contribution in [0.15, 0.2) is 18.2 Å². The Morgan fingerprint density at radius 2 is 2.33 bits per heavy atom. The van der Waals surface area contributed by atoms with Crippen molar-refractivity contribution in [2.45, 2.75) is 18.9 Å². The van der Waals surface area contributed by atoms with Crippen LogP contribution in [-0.4, -0.2) is 17.7 Å². The van der Waals surface area contributed by atoms with Gasteiger partial charge in [0.1, 0.15) is 11.8 Å². The number of aliphatic carboxylic acids is 1. The summed E-state index contributed by atoms with van der Waals surface area (Å²) < 4.78 is 5.43. The minimum atomic E-state index is -1.01. The zero-order chi connectivity index (χ0) is 10.8. The van der Waals surface area contributed by atoms with Gasteiger partial charge >= 0.3 is 5.97 Å². The standard InChI is InChI=1S/C11H13NO3/c12-10(11(13)14)8-3-4-9-7(6-8)2-1-5-15-9/h3-4,6,10H,1-2,5,12H2,(H,13,14)/t10-/m0/s1. The third-order valence-corrected chi connectivity index (χ3v) is 2.56. The lowest BCUT2D eigenvalue weighted by atomic mass is 10.00. The molecule has 80 valence electrons. The minimum Gasteiger partial charge on any atom is -0.493 e. The number of fused-ring (bicyclic) bond motifs is 1. The van der Waals surface area contributed by atoms with Gasteiger partial charge in [-0.3, -0.25) is 4.79 Å². The molecule has 4 heteroatoms. The summed E-state index contributed by atoms with van der Waals surface area (Å²) in [6.45, 7) is 0.733. The van der Waals surface area contributed by atoms with Crippen LogP contribution in [0.5, 0.6) is 5.75 Å². The molecule has 2 rings (SSSR count). The Kier molecular flexibility index (Phi) is 2.60. The van der Waals surface area contributed by atoms with E-state index in [1.807, 2.05) is 6.07 Å². The maximum atomic E-state index is 10.7. The lowest BCUT2D eigenvalue weighted by Gasteiger charge is -2.18. The highest BCUT2D eigenvalue weighted by atomic mass is 16.5. The molecule has 1 aromatic carbocycles. The van der Waals surface area contributed by atoms with Gasteiger partial charge in [-0.25, -0.2) is 0 Å². The quantitative estimate of drug-likeness (QED) is 0.761. The molecule has 1 heterocycles. The van der Waals surface area contributed by atoms with E-state index in [4.69, 9.17) is 15.6 Å². The molecule has 0 bridgehead atoms. The number of hydrogen-bond donors (Lipinski definition) is 2. The number of aryl methyl sites for hydroxylation is 1. The van der Waals surface area contributed by atoms with Gasteiger partial charge in [-0.15, -0.1) is 0 Å². The summed E-state index contributed by atoms with van der Waals surface area (Å²) in [4.78, 5) is 10.7. The van der Waals surface area contributed by atoms with Gasteiger partial charge in [-0.05, 0) is 36.1 Å². The smallest absolute Gasteiger partial charge is 0.325 e. The molecule has 0 saturated heterocycles. The van der Waals surface area contributed by atoms with Crippen LogP contribution in [0.3, 0.4) is 0 Å². The molecule has 1 aliphatic heterocycles. The van der Waals surface area contributed by atoms with Crippen LogP contribution >= 0.6 is 0 Å². The van der Waals surface area contributed by atoms with Crippen molar-refractivity contribution in [2.75, 3.05) is 6.61 Å². The summed E-state index contributed by atoms with van der Waals surface area (Å²) in [7, 11) is 0. The van der Waals surface area contributed by atoms with Crippen molar-refractivity contribution in [1.82, 2.24) is 0 Å². The van der Waals surface area contributed by atoms with Crippen LogP contribution in [0.1, 0.15) is 23.6 Å². The number of rotatable bonds is 2. The van der Waals surface area contributed by atoms with Crippen molar-refractivity contribution in [3.05, 3.63) is 29.3 Å². The van der Waals surface area contributed by atoms with E-state index in [-0.39, 0.29) is 0 Å². The number of benzene rings is 1. The van der Waals surface area contributed by atoms with Gasteiger partial charge in [0.25, 0.3) is 0 Å². The zero-order valence-corrected chi connectivity index (χ0v) is 8.27. The predicted molar refractivity (Wildman–Crippen MR) is 54.8 cm³/mol. The Bertz CT molecular complexity index is 389. The fourth-order valence-electron chi connectivity index (χ4n) is 1.72. The molecule has 0 aliphatic carbocycles. The fraction of sp³-hybridized carbons (Fsp3) is 0.364. The van der Waals surface area contributed by atoms with Crippen molar-refractivity contribution in [2.24, 2.45) is 5.73 Å². The van der Waals surface area contributed by atoms with Crippen LogP contribution in [0, 0.1) is 0 Å². The number of carbonyl (C=O) groups is 1. The van der Waals surface area contributed by atoms with E-state index >= 15 is 0 Å². The molecule has 1 aromatic rings. The first-order valence-electron chi connectivity index (χ1n) is 4.92. The molecule has 1 aliphatic rings. The van der Waals surface area contributed by atoms with Crippen LogP contribution in [-0.2, 0) is 11.2 Å². The van der Waals surface area contributed by atoms with E-state index in [0.29, 0.717) is 5.56 Å². The molecule has 0 radical (unpaired) electrons. The highest BCUT2D eigenvalue weighted by Gasteiger charge is 2.17. The average molecular weight is 207 g/mol. The average Bonchev–Trinajstić information content (AvgIpc) is 2.27. The van der Waals surface area contributed by atoms with Crippen molar-refractivity contribution in [3.63, 3.8) is 0 Å². The lowest BCUT2D eigenvalue weighted by Crippen LogP contribution is -2.21. The molecule has 0 saturated carbocycles. The zero-order valence-electron chi connectivity index (χ0n) is 8.27. The van der Waals surface area contributed by atoms with Gasteiger partial charge in [0, 0.05) is 0 Å². The van der Waals surface area contributed by atoms with Gasteiger partial charge < -0.3 is 15.6 Å². The van der Waals surface area contributed by atoms with E-state index in [9.17, 15) is 4.79 Å². The Hall–Kier alpha value is -1.55. The SMILES string of the molecule is N[C@H](C(=O)O)c1ccc2c(c1)CCCO2. The minimum absolute atomic E-state index is 0.631. The number of hydrogen-bond acceptors (Lipinski definition) is 3. The first-order valence-corrected chi connectivity index (χ1v) is 4.92. The Morgan fingerprint density at radius 3 is 3.07 bits per heavy atom. The van der Waals surface area contributed by atoms with E-state index in [0.717, 1.165) is 30.8 Å². The second kappa shape index (κ2) is 3.90. The van der Waals surface area contributed by atoms with E-state index in [2.05, 4.69) is 0 Å². The number of carboxylic acids is 1. The molecule has 3 N–H and O–H groups in total. The second-order valence-electron chi connectivity index (χ2n) is 3.64. The lowest BCUT2D eigenvalue weighted by molar-refractivity contribution is -0.138. The molecule has 0 amide bonds. The maximum absolute atomic E-state index is 10.7. The van der Waals surface area contributed by atoms with Gasteiger partial charge in [-0.1, -0.05) is 6.07 Å². The number of nitrogens with two attached hydrogens (primary N) is 1. The Labute approximate surface area is 87.7 Å². The van der Waals surface area contributed by atoms with E-state index < -0.39 is 12.0 Å². The predicted octanol–water partition coefficient (Wildman–Crippen LogP) is 1.10. The number of carboxylic acid groups (broad SMARTS) is 1. The summed E-state index contributed by atoms with van der Waals surface area (Å²) in [5, 5.41) is 8.78. The molecule has 0 fully saturated rings. The molecular weight excluding hydrogens is 194 g/mol. The second-order valence-corrected chi connectivity index (χ2v) is 3.64. The fourth-order valence-corrected chi connectivity index (χ4v) is 1.72. The normalized spacial score (nSPS) is 16.3. The van der Waals surface area contributed by atoms with Gasteiger partial charge in [-0.2, -0.15) is 0 Å². The van der Waals surface area contributed by atoms with Crippen LogP contribution < -0.4 is 10.5 Å². The largest absolute Gasteiger partial charge is 0.493 e. The summed E-state index contributed by atoms with van der Waals surface area (Å²) in [6.07, 6.45) is 1.90. The van der Waals surface area contributed by atoms with Crippen LogP contribution in [0.4, 0.5) is 0 Å². The van der Waals surface area contributed by atoms with Crippen LogP contribution in [0.2, 0.25) is 0 Å². The Morgan fingerprint density at radius 1 is 1.53 bits per heavy atom. The first kappa shape index (κ1) is 9.98. The highest BCUT2D eigenvalue weighted by Crippen LogP contribution is 2.27. The highest BCUT2D eigenvalue weighted by molar-refractivity contribution is 5.75. The third kappa shape index (κ3) is 1.94. The molecular formula is C11H13NO3. The topological polar surface area (TPSA) is 72.6 Å².